The molecule has 0 bridgehead atoms. The van der Waals surface area contributed by atoms with Gasteiger partial charge in [0.2, 0.25) is 0 Å². The predicted octanol–water partition coefficient (Wildman–Crippen LogP) is 4.67. The Morgan fingerprint density at radius 2 is 1.87 bits per heavy atom. The van der Waals surface area contributed by atoms with Gasteiger partial charge in [0.05, 0.1) is 0 Å². The lowest BCUT2D eigenvalue weighted by molar-refractivity contribution is 1.40. The lowest BCUT2D eigenvalue weighted by Gasteiger charge is -2.09. The van der Waals surface area contributed by atoms with Gasteiger partial charge in [-0.15, -0.1) is 0 Å². The molecule has 0 aromatic heterocycles. The maximum Gasteiger partial charge on any atom is 0.00486 e. The van der Waals surface area contributed by atoms with Crippen LogP contribution < -0.4 is 0 Å². The van der Waals surface area contributed by atoms with E-state index in [9.17, 15) is 0 Å². The number of rotatable bonds is 1. The summed E-state index contributed by atoms with van der Waals surface area (Å²) < 4.78 is 0. The van der Waals surface area contributed by atoms with Crippen molar-refractivity contribution in [3.05, 3.63) is 52.6 Å². The summed E-state index contributed by atoms with van der Waals surface area (Å²) in [5.41, 5.74) is 5.36. The van der Waals surface area contributed by atoms with Gasteiger partial charge in [-0.1, -0.05) is 41.9 Å². The van der Waals surface area contributed by atoms with E-state index in [-0.39, 0.29) is 0 Å². The highest BCUT2D eigenvalue weighted by molar-refractivity contribution is 6.27. The molecule has 0 unspecified atom stereocenters. The molecule has 0 heterocycles. The van der Waals surface area contributed by atoms with Gasteiger partial charge >= 0.3 is 0 Å². The average molecular weight is 217 g/mol. The number of hydrogen-bond donors (Lipinski definition) is 0. The lowest BCUT2D eigenvalue weighted by Crippen LogP contribution is -1.88. The molecule has 0 aliphatic rings. The smallest absolute Gasteiger partial charge is 0.00486 e. The van der Waals surface area contributed by atoms with Crippen LogP contribution in [0.1, 0.15) is 16.7 Å². The monoisotopic (exact) mass is 216 g/mol. The van der Waals surface area contributed by atoms with Crippen LogP contribution in [0.5, 0.6) is 0 Å². The number of aryl methyl sites for hydroxylation is 2. The second-order valence-electron chi connectivity index (χ2n) is 3.75. The van der Waals surface area contributed by atoms with Crippen LogP contribution in [0.4, 0.5) is 0 Å². The Kier molecular flexibility index (Phi) is 2.79. The van der Waals surface area contributed by atoms with Gasteiger partial charge in [0.1, 0.15) is 0 Å². The molecule has 0 saturated carbocycles. The van der Waals surface area contributed by atoms with Crippen LogP contribution >= 0.6 is 11.6 Å². The molecule has 0 atom stereocenters. The Balaban J connectivity index is 2.83. The molecule has 1 heteroatoms. The Bertz CT molecular complexity index is 524. The molecule has 0 fully saturated rings. The molecule has 0 aliphatic carbocycles. The fraction of sp³-hybridized carbons (Fsp3) is 0.143. The van der Waals surface area contributed by atoms with Gasteiger partial charge in [-0.3, -0.25) is 0 Å². The quantitative estimate of drug-likeness (QED) is 0.650. The molecule has 2 aromatic carbocycles. The fourth-order valence-corrected chi connectivity index (χ4v) is 2.16. The summed E-state index contributed by atoms with van der Waals surface area (Å²) in [5.74, 6) is 0. The molecular formula is C14H13Cl. The summed E-state index contributed by atoms with van der Waals surface area (Å²) in [5, 5.41) is 2.59. The highest BCUT2D eigenvalue weighted by Gasteiger charge is 2.04. The normalized spacial score (nSPS) is 11.4. The average Bonchev–Trinajstić information content (AvgIpc) is 2.24. The highest BCUT2D eigenvalue weighted by atomic mass is 35.5. The van der Waals surface area contributed by atoms with Gasteiger partial charge in [-0.25, -0.2) is 0 Å². The third-order valence-corrected chi connectivity index (χ3v) is 2.92. The van der Waals surface area contributed by atoms with Crippen LogP contribution in [0.3, 0.4) is 0 Å². The molecule has 0 radical (unpaired) electrons. The number of fused-ring (bicyclic) bond motifs is 1. The minimum absolute atomic E-state index is 1.23. The molecule has 2 rings (SSSR count). The van der Waals surface area contributed by atoms with E-state index in [4.69, 9.17) is 11.6 Å². The lowest BCUT2D eigenvalue weighted by atomic mass is 9.96. The molecule has 0 saturated heterocycles. The largest absolute Gasteiger partial charge is 0.0929 e. The van der Waals surface area contributed by atoms with Gasteiger partial charge in [0.15, 0.2) is 0 Å². The van der Waals surface area contributed by atoms with E-state index < -0.39 is 0 Å². The standard InChI is InChI=1S/C14H13Cl/c1-10-9-12-5-3-4-6-14(12)11(2)13(10)7-8-15/h3-9H,1-2H3. The highest BCUT2D eigenvalue weighted by Crippen LogP contribution is 2.26. The van der Waals surface area contributed by atoms with Gasteiger partial charge in [0.25, 0.3) is 0 Å². The third-order valence-electron chi connectivity index (χ3n) is 2.80. The van der Waals surface area contributed by atoms with E-state index in [2.05, 4.69) is 44.2 Å². The van der Waals surface area contributed by atoms with Gasteiger partial charge < -0.3 is 0 Å². The summed E-state index contributed by atoms with van der Waals surface area (Å²) in [6.07, 6.45) is 1.96. The maximum absolute atomic E-state index is 5.65. The van der Waals surface area contributed by atoms with Crippen molar-refractivity contribution in [1.29, 1.82) is 0 Å². The van der Waals surface area contributed by atoms with Crippen molar-refractivity contribution in [2.24, 2.45) is 0 Å². The first-order valence-electron chi connectivity index (χ1n) is 4.99. The molecule has 0 amide bonds. The first-order valence-corrected chi connectivity index (χ1v) is 5.43. The van der Waals surface area contributed by atoms with Crippen LogP contribution in [-0.2, 0) is 0 Å². The fourth-order valence-electron chi connectivity index (χ4n) is 2.04. The van der Waals surface area contributed by atoms with E-state index in [0.717, 1.165) is 0 Å². The Hall–Kier alpha value is -1.27. The Labute approximate surface area is 95.2 Å². The van der Waals surface area contributed by atoms with Crippen LogP contribution in [0, 0.1) is 13.8 Å². The van der Waals surface area contributed by atoms with Gasteiger partial charge in [-0.2, -0.15) is 0 Å². The second kappa shape index (κ2) is 4.08. The van der Waals surface area contributed by atoms with Crippen molar-refractivity contribution in [2.75, 3.05) is 0 Å². The van der Waals surface area contributed by atoms with E-state index in [1.54, 1.807) is 5.54 Å². The van der Waals surface area contributed by atoms with Crippen molar-refractivity contribution < 1.29 is 0 Å². The maximum atomic E-state index is 5.65. The topological polar surface area (TPSA) is 0 Å². The first kappa shape index (κ1) is 10.3. The van der Waals surface area contributed by atoms with Crippen molar-refractivity contribution in [3.8, 4) is 0 Å². The molecular weight excluding hydrogens is 204 g/mol. The van der Waals surface area contributed by atoms with Crippen LogP contribution in [0.2, 0.25) is 0 Å². The molecule has 0 aliphatic heterocycles. The number of hydrogen-bond acceptors (Lipinski definition) is 0. The summed E-state index contributed by atoms with van der Waals surface area (Å²) in [6.45, 7) is 4.26. The van der Waals surface area contributed by atoms with Crippen LogP contribution in [0.25, 0.3) is 16.8 Å². The number of benzene rings is 2. The van der Waals surface area contributed by atoms with E-state index in [0.29, 0.717) is 0 Å². The van der Waals surface area contributed by atoms with Crippen LogP contribution in [-0.4, -0.2) is 0 Å². The summed E-state index contributed by atoms with van der Waals surface area (Å²) in [6, 6.07) is 10.6. The van der Waals surface area contributed by atoms with Gasteiger partial charge in [-0.05, 0) is 47.4 Å². The number of halogens is 1. The van der Waals surface area contributed by atoms with Crippen molar-refractivity contribution in [1.82, 2.24) is 0 Å². The van der Waals surface area contributed by atoms with Crippen molar-refractivity contribution >= 4 is 28.4 Å². The molecule has 0 nitrogen and oxygen atoms in total. The zero-order valence-electron chi connectivity index (χ0n) is 8.92. The molecule has 15 heavy (non-hydrogen) atoms. The third kappa shape index (κ3) is 1.78. The molecule has 76 valence electrons. The first-order chi connectivity index (χ1) is 7.24. The molecule has 0 spiro atoms. The SMILES string of the molecule is Cc1cc2ccccc2c(C)c1C=CCl. The zero-order valence-corrected chi connectivity index (χ0v) is 9.68. The van der Waals surface area contributed by atoms with Crippen molar-refractivity contribution in [2.45, 2.75) is 13.8 Å². The van der Waals surface area contributed by atoms with Gasteiger partial charge in [0, 0.05) is 5.54 Å². The van der Waals surface area contributed by atoms with Crippen LogP contribution in [0.15, 0.2) is 35.9 Å². The van der Waals surface area contributed by atoms with E-state index in [1.807, 2.05) is 6.08 Å². The molecule has 0 N–H and O–H groups in total. The van der Waals surface area contributed by atoms with Crippen molar-refractivity contribution in [3.63, 3.8) is 0 Å². The second-order valence-corrected chi connectivity index (χ2v) is 4.00. The Morgan fingerprint density at radius 3 is 2.60 bits per heavy atom. The summed E-state index contributed by atoms with van der Waals surface area (Å²) in [7, 11) is 0. The summed E-state index contributed by atoms with van der Waals surface area (Å²) >= 11 is 5.65. The van der Waals surface area contributed by atoms with E-state index in [1.165, 1.54) is 27.5 Å². The summed E-state index contributed by atoms with van der Waals surface area (Å²) in [4.78, 5) is 0. The minimum atomic E-state index is 1.23. The predicted molar refractivity (Wildman–Crippen MR) is 68.3 cm³/mol. The zero-order chi connectivity index (χ0) is 10.8. The Morgan fingerprint density at radius 1 is 1.13 bits per heavy atom. The van der Waals surface area contributed by atoms with E-state index >= 15 is 0 Å². The molecule has 2 aromatic rings. The minimum Gasteiger partial charge on any atom is -0.0929 e.